The van der Waals surface area contributed by atoms with Crippen LogP contribution in [0.15, 0.2) is 36.4 Å². The molecule has 0 fully saturated rings. The molecule has 1 N–H and O–H groups in total. The first-order chi connectivity index (χ1) is 12.5. The maximum atomic E-state index is 11.0. The number of rotatable bonds is 7. The Balaban J connectivity index is 2.12. The Morgan fingerprint density at radius 2 is 1.65 bits per heavy atom. The van der Waals surface area contributed by atoms with Gasteiger partial charge in [-0.2, -0.15) is 0 Å². The van der Waals surface area contributed by atoms with Crippen LogP contribution >= 0.6 is 0 Å². The van der Waals surface area contributed by atoms with E-state index in [1.807, 2.05) is 30.3 Å². The van der Waals surface area contributed by atoms with Crippen LogP contribution in [0.2, 0.25) is 0 Å². The lowest BCUT2D eigenvalue weighted by atomic mass is 9.80. The summed E-state index contributed by atoms with van der Waals surface area (Å²) < 4.78 is 0. The van der Waals surface area contributed by atoms with Crippen LogP contribution < -0.4 is 0 Å². The van der Waals surface area contributed by atoms with Crippen LogP contribution in [0.1, 0.15) is 64.5 Å². The molecule has 0 aliphatic rings. The second kappa shape index (κ2) is 7.48. The first kappa shape index (κ1) is 18.4. The molecular weight excluding hydrogens is 322 g/mol. The van der Waals surface area contributed by atoms with Crippen LogP contribution in [0.5, 0.6) is 5.75 Å². The minimum atomic E-state index is -0.105. The Kier molecular flexibility index (Phi) is 5.30. The molecule has 0 saturated carbocycles. The van der Waals surface area contributed by atoms with Gasteiger partial charge in [0.25, 0.3) is 0 Å². The fourth-order valence-corrected chi connectivity index (χ4v) is 3.23. The summed E-state index contributed by atoms with van der Waals surface area (Å²) in [6, 6.07) is 12.0. The SMILES string of the molecule is CCCCCc1cc(-n2nc3ccccc3n2)c(O)c(C(C)(C)CC)c1. The zero-order valence-corrected chi connectivity index (χ0v) is 16.3. The number of aromatic nitrogens is 3. The van der Waals surface area contributed by atoms with E-state index in [1.165, 1.54) is 18.4 Å². The van der Waals surface area contributed by atoms with Crippen molar-refractivity contribution in [1.29, 1.82) is 0 Å². The van der Waals surface area contributed by atoms with E-state index in [9.17, 15) is 5.11 Å². The highest BCUT2D eigenvalue weighted by molar-refractivity contribution is 5.73. The molecule has 1 aromatic heterocycles. The Morgan fingerprint density at radius 1 is 1.00 bits per heavy atom. The van der Waals surface area contributed by atoms with Crippen LogP contribution in [0.25, 0.3) is 16.7 Å². The summed E-state index contributed by atoms with van der Waals surface area (Å²) in [5.74, 6) is 0.288. The zero-order chi connectivity index (χ0) is 18.7. The lowest BCUT2D eigenvalue weighted by molar-refractivity contribution is 0.423. The fourth-order valence-electron chi connectivity index (χ4n) is 3.23. The van der Waals surface area contributed by atoms with Crippen molar-refractivity contribution in [2.45, 2.75) is 65.2 Å². The second-order valence-electron chi connectivity index (χ2n) is 7.68. The number of nitrogens with zero attached hydrogens (tertiary/aromatic N) is 3. The van der Waals surface area contributed by atoms with Crippen molar-refractivity contribution in [1.82, 2.24) is 15.0 Å². The average molecular weight is 351 g/mol. The van der Waals surface area contributed by atoms with Gasteiger partial charge in [0.1, 0.15) is 22.5 Å². The largest absolute Gasteiger partial charge is 0.505 e. The Labute approximate surface area is 155 Å². The molecule has 1 heterocycles. The number of aromatic hydroxyl groups is 1. The Morgan fingerprint density at radius 3 is 2.23 bits per heavy atom. The standard InChI is InChI=1S/C22H29N3O/c1-5-7-8-11-16-14-17(22(3,4)6-2)21(26)20(15-16)25-23-18-12-9-10-13-19(18)24-25/h9-10,12-15,26H,5-8,11H2,1-4H3. The van der Waals surface area contributed by atoms with Gasteiger partial charge >= 0.3 is 0 Å². The quantitative estimate of drug-likeness (QED) is 0.568. The van der Waals surface area contributed by atoms with Crippen molar-refractivity contribution in [3.05, 3.63) is 47.5 Å². The third kappa shape index (κ3) is 3.59. The molecule has 4 nitrogen and oxygen atoms in total. The van der Waals surface area contributed by atoms with E-state index in [0.29, 0.717) is 5.69 Å². The third-order valence-corrected chi connectivity index (χ3v) is 5.33. The molecule has 3 rings (SSSR count). The molecule has 0 amide bonds. The summed E-state index contributed by atoms with van der Waals surface area (Å²) in [6.07, 6.45) is 5.53. The summed E-state index contributed by atoms with van der Waals surface area (Å²) in [5.41, 5.74) is 4.45. The van der Waals surface area contributed by atoms with Crippen molar-refractivity contribution in [3.63, 3.8) is 0 Å². The smallest absolute Gasteiger partial charge is 0.146 e. The van der Waals surface area contributed by atoms with E-state index in [1.54, 1.807) is 4.80 Å². The van der Waals surface area contributed by atoms with Gasteiger partial charge in [0.05, 0.1) is 0 Å². The van der Waals surface area contributed by atoms with E-state index in [4.69, 9.17) is 0 Å². The summed E-state index contributed by atoms with van der Waals surface area (Å²) in [4.78, 5) is 1.58. The van der Waals surface area contributed by atoms with Crippen LogP contribution in [0, 0.1) is 0 Å². The molecule has 0 atom stereocenters. The minimum Gasteiger partial charge on any atom is -0.505 e. The molecule has 0 bridgehead atoms. The lowest BCUT2D eigenvalue weighted by Gasteiger charge is -2.26. The van der Waals surface area contributed by atoms with E-state index in [2.05, 4.69) is 44.0 Å². The monoisotopic (exact) mass is 351 g/mol. The second-order valence-corrected chi connectivity index (χ2v) is 7.68. The van der Waals surface area contributed by atoms with Gasteiger partial charge < -0.3 is 5.11 Å². The number of hydrogen-bond donors (Lipinski definition) is 1. The molecule has 0 radical (unpaired) electrons. The van der Waals surface area contributed by atoms with E-state index < -0.39 is 0 Å². The number of phenols is 1. The van der Waals surface area contributed by atoms with Gasteiger partial charge in [0.2, 0.25) is 0 Å². The molecule has 138 valence electrons. The third-order valence-electron chi connectivity index (χ3n) is 5.33. The molecule has 26 heavy (non-hydrogen) atoms. The molecule has 0 aliphatic carbocycles. The number of phenolic OH excluding ortho intramolecular Hbond substituents is 1. The van der Waals surface area contributed by atoms with Gasteiger partial charge in [-0.3, -0.25) is 0 Å². The Hall–Kier alpha value is -2.36. The van der Waals surface area contributed by atoms with Crippen molar-refractivity contribution in [2.24, 2.45) is 0 Å². The molecule has 4 heteroatoms. The van der Waals surface area contributed by atoms with Crippen molar-refractivity contribution in [2.75, 3.05) is 0 Å². The van der Waals surface area contributed by atoms with Crippen molar-refractivity contribution >= 4 is 11.0 Å². The topological polar surface area (TPSA) is 50.9 Å². The first-order valence-corrected chi connectivity index (χ1v) is 9.65. The summed E-state index contributed by atoms with van der Waals surface area (Å²) in [5, 5.41) is 20.2. The molecule has 0 spiro atoms. The van der Waals surface area contributed by atoms with E-state index in [-0.39, 0.29) is 11.2 Å². The average Bonchev–Trinajstić information content (AvgIpc) is 3.06. The van der Waals surface area contributed by atoms with Gasteiger partial charge in [-0.05, 0) is 48.4 Å². The number of fused-ring (bicyclic) bond motifs is 1. The Bertz CT molecular complexity index is 863. The summed E-state index contributed by atoms with van der Waals surface area (Å²) >= 11 is 0. The van der Waals surface area contributed by atoms with Gasteiger partial charge in [-0.25, -0.2) is 0 Å². The van der Waals surface area contributed by atoms with E-state index >= 15 is 0 Å². The van der Waals surface area contributed by atoms with Crippen LogP contribution in [-0.2, 0) is 11.8 Å². The predicted molar refractivity (Wildman–Crippen MR) is 107 cm³/mol. The maximum absolute atomic E-state index is 11.0. The lowest BCUT2D eigenvalue weighted by Crippen LogP contribution is -2.17. The molecular formula is C22H29N3O. The highest BCUT2D eigenvalue weighted by Crippen LogP contribution is 2.38. The van der Waals surface area contributed by atoms with Crippen LogP contribution in [0.3, 0.4) is 0 Å². The maximum Gasteiger partial charge on any atom is 0.146 e. The van der Waals surface area contributed by atoms with Gasteiger partial charge in [0, 0.05) is 5.56 Å². The predicted octanol–water partition coefficient (Wildman–Crippen LogP) is 5.55. The number of hydrogen-bond acceptors (Lipinski definition) is 3. The van der Waals surface area contributed by atoms with Gasteiger partial charge in [-0.15, -0.1) is 15.0 Å². The van der Waals surface area contributed by atoms with E-state index in [0.717, 1.165) is 35.9 Å². The molecule has 0 saturated heterocycles. The normalized spacial score (nSPS) is 12.0. The van der Waals surface area contributed by atoms with Crippen LogP contribution in [-0.4, -0.2) is 20.1 Å². The number of benzene rings is 2. The summed E-state index contributed by atoms with van der Waals surface area (Å²) in [6.45, 7) is 8.72. The molecule has 0 unspecified atom stereocenters. The van der Waals surface area contributed by atoms with Crippen LogP contribution in [0.4, 0.5) is 0 Å². The molecule has 2 aromatic carbocycles. The number of unbranched alkanes of at least 4 members (excludes halogenated alkanes) is 2. The van der Waals surface area contributed by atoms with Gasteiger partial charge in [0.15, 0.2) is 0 Å². The summed E-state index contributed by atoms with van der Waals surface area (Å²) in [7, 11) is 0. The minimum absolute atomic E-state index is 0.105. The number of aryl methyl sites for hydroxylation is 1. The van der Waals surface area contributed by atoms with Crippen molar-refractivity contribution < 1.29 is 5.11 Å². The first-order valence-electron chi connectivity index (χ1n) is 9.65. The zero-order valence-electron chi connectivity index (χ0n) is 16.3. The highest BCUT2D eigenvalue weighted by Gasteiger charge is 2.25. The fraction of sp³-hybridized carbons (Fsp3) is 0.455. The highest BCUT2D eigenvalue weighted by atomic mass is 16.3. The van der Waals surface area contributed by atoms with Gasteiger partial charge in [-0.1, -0.05) is 58.7 Å². The molecule has 3 aromatic rings. The molecule has 0 aliphatic heterocycles. The van der Waals surface area contributed by atoms with Crippen molar-refractivity contribution in [3.8, 4) is 11.4 Å².